The molecule has 4 rings (SSSR count). The molecular formula is C20H20F3N3O. The van der Waals surface area contributed by atoms with E-state index >= 15 is 0 Å². The van der Waals surface area contributed by atoms with Crippen LogP contribution in [0.15, 0.2) is 48.9 Å². The zero-order valence-electron chi connectivity index (χ0n) is 14.6. The van der Waals surface area contributed by atoms with E-state index in [2.05, 4.69) is 15.3 Å². The Balaban J connectivity index is 0.000000180. The number of nitrogens with one attached hydrogen (secondary N) is 1. The van der Waals surface area contributed by atoms with Crippen LogP contribution < -0.4 is 5.32 Å². The summed E-state index contributed by atoms with van der Waals surface area (Å²) in [5, 5.41) is 14.0. The lowest BCUT2D eigenvalue weighted by molar-refractivity contribution is 0.146. The summed E-state index contributed by atoms with van der Waals surface area (Å²) in [5.41, 5.74) is 0.439. The first-order valence-electron chi connectivity index (χ1n) is 8.72. The monoisotopic (exact) mass is 375 g/mol. The van der Waals surface area contributed by atoms with E-state index in [1.165, 1.54) is 31.4 Å². The Morgan fingerprint density at radius 3 is 2.56 bits per heavy atom. The van der Waals surface area contributed by atoms with Crippen LogP contribution in [0.3, 0.4) is 0 Å². The number of hydrogen-bond donors (Lipinski definition) is 2. The standard InChI is InChI=1S/C14H15FN2.C6H5F2NO/c15-14-5-4-10-8-16-7-6-12(10)13(14)9-17-11-2-1-3-11;7-6(8)5-2-1-4(10)3-9-5/h4-8,11,17H,1-3,9H2;1-3,6,10H. The molecule has 0 unspecified atom stereocenters. The number of halogens is 3. The highest BCUT2D eigenvalue weighted by Gasteiger charge is 2.17. The van der Waals surface area contributed by atoms with Gasteiger partial charge in [0.2, 0.25) is 0 Å². The van der Waals surface area contributed by atoms with Crippen molar-refractivity contribution in [3.63, 3.8) is 0 Å². The summed E-state index contributed by atoms with van der Waals surface area (Å²) < 4.78 is 37.3. The van der Waals surface area contributed by atoms with E-state index in [4.69, 9.17) is 5.11 Å². The fourth-order valence-electron chi connectivity index (χ4n) is 2.77. The van der Waals surface area contributed by atoms with Gasteiger partial charge in [-0.05, 0) is 48.6 Å². The normalized spacial score (nSPS) is 13.9. The van der Waals surface area contributed by atoms with Gasteiger partial charge in [-0.25, -0.2) is 13.2 Å². The Hall–Kier alpha value is -2.67. The highest BCUT2D eigenvalue weighted by atomic mass is 19.3. The third-order valence-electron chi connectivity index (χ3n) is 4.54. The van der Waals surface area contributed by atoms with Crippen molar-refractivity contribution in [1.82, 2.24) is 15.3 Å². The van der Waals surface area contributed by atoms with E-state index in [0.717, 1.165) is 28.6 Å². The molecule has 142 valence electrons. The second-order valence-corrected chi connectivity index (χ2v) is 6.37. The molecule has 1 saturated carbocycles. The van der Waals surface area contributed by atoms with Crippen LogP contribution in [0, 0.1) is 5.82 Å². The SMILES string of the molecule is Fc1ccc2cnccc2c1CNC1CCC1.Oc1ccc(C(F)F)nc1. The van der Waals surface area contributed by atoms with E-state index in [9.17, 15) is 13.2 Å². The maximum absolute atomic E-state index is 13.8. The average Bonchev–Trinajstić information content (AvgIpc) is 2.63. The van der Waals surface area contributed by atoms with Gasteiger partial charge < -0.3 is 10.4 Å². The lowest BCUT2D eigenvalue weighted by Crippen LogP contribution is -2.34. The minimum Gasteiger partial charge on any atom is -0.506 e. The number of fused-ring (bicyclic) bond motifs is 1. The van der Waals surface area contributed by atoms with Crippen LogP contribution >= 0.6 is 0 Å². The smallest absolute Gasteiger partial charge is 0.280 e. The van der Waals surface area contributed by atoms with Crippen molar-refractivity contribution in [2.75, 3.05) is 0 Å². The topological polar surface area (TPSA) is 58.0 Å². The van der Waals surface area contributed by atoms with E-state index in [1.807, 2.05) is 6.07 Å². The molecule has 0 saturated heterocycles. The summed E-state index contributed by atoms with van der Waals surface area (Å²) in [4.78, 5) is 7.34. The predicted molar refractivity (Wildman–Crippen MR) is 97.0 cm³/mol. The molecule has 7 heteroatoms. The molecule has 1 aliphatic carbocycles. The number of rotatable bonds is 4. The number of benzene rings is 1. The van der Waals surface area contributed by atoms with E-state index < -0.39 is 6.43 Å². The Morgan fingerprint density at radius 1 is 1.11 bits per heavy atom. The zero-order chi connectivity index (χ0) is 19.2. The third kappa shape index (κ3) is 4.95. The number of alkyl halides is 2. The van der Waals surface area contributed by atoms with Gasteiger partial charge in [0.15, 0.2) is 0 Å². The molecule has 0 amide bonds. The van der Waals surface area contributed by atoms with Crippen molar-refractivity contribution in [3.05, 3.63) is 66.0 Å². The van der Waals surface area contributed by atoms with Crippen LogP contribution in [0.4, 0.5) is 13.2 Å². The lowest BCUT2D eigenvalue weighted by Gasteiger charge is -2.26. The van der Waals surface area contributed by atoms with Gasteiger partial charge in [0.25, 0.3) is 6.43 Å². The molecule has 1 aliphatic rings. The van der Waals surface area contributed by atoms with Gasteiger partial charge in [0.05, 0.1) is 6.20 Å². The minimum absolute atomic E-state index is 0.107. The molecule has 0 radical (unpaired) electrons. The van der Waals surface area contributed by atoms with Gasteiger partial charge in [0, 0.05) is 35.9 Å². The van der Waals surface area contributed by atoms with E-state index in [1.54, 1.807) is 18.5 Å². The van der Waals surface area contributed by atoms with Crippen LogP contribution in [0.5, 0.6) is 5.75 Å². The fourth-order valence-corrected chi connectivity index (χ4v) is 2.77. The summed E-state index contributed by atoms with van der Waals surface area (Å²) in [7, 11) is 0. The summed E-state index contributed by atoms with van der Waals surface area (Å²) in [5.74, 6) is -0.236. The van der Waals surface area contributed by atoms with Gasteiger partial charge in [-0.2, -0.15) is 0 Å². The van der Waals surface area contributed by atoms with Crippen LogP contribution in [-0.2, 0) is 6.54 Å². The maximum atomic E-state index is 13.8. The maximum Gasteiger partial charge on any atom is 0.280 e. The molecule has 2 N–H and O–H groups in total. The second-order valence-electron chi connectivity index (χ2n) is 6.37. The van der Waals surface area contributed by atoms with Crippen LogP contribution in [-0.4, -0.2) is 21.1 Å². The highest BCUT2D eigenvalue weighted by Crippen LogP contribution is 2.23. The number of aromatic hydroxyl groups is 1. The minimum atomic E-state index is -2.57. The summed E-state index contributed by atoms with van der Waals surface area (Å²) in [6, 6.07) is 8.03. The Bertz CT molecular complexity index is 883. The Kier molecular flexibility index (Phi) is 6.24. The molecule has 0 spiro atoms. The zero-order valence-corrected chi connectivity index (χ0v) is 14.6. The van der Waals surface area contributed by atoms with Crippen molar-refractivity contribution in [2.24, 2.45) is 0 Å². The fraction of sp³-hybridized carbons (Fsp3) is 0.300. The first-order chi connectivity index (χ1) is 13.0. The summed E-state index contributed by atoms with van der Waals surface area (Å²) in [6.45, 7) is 0.609. The lowest BCUT2D eigenvalue weighted by atomic mass is 9.93. The predicted octanol–water partition coefficient (Wildman–Crippen LogP) is 4.74. The van der Waals surface area contributed by atoms with E-state index in [0.29, 0.717) is 12.6 Å². The number of aromatic nitrogens is 2. The molecule has 0 atom stereocenters. The van der Waals surface area contributed by atoms with Crippen molar-refractivity contribution >= 4 is 10.8 Å². The van der Waals surface area contributed by atoms with Crippen LogP contribution in [0.1, 0.15) is 36.9 Å². The van der Waals surface area contributed by atoms with Crippen LogP contribution in [0.25, 0.3) is 10.8 Å². The van der Waals surface area contributed by atoms with Gasteiger partial charge in [0.1, 0.15) is 17.3 Å². The summed E-state index contributed by atoms with van der Waals surface area (Å²) in [6.07, 6.45) is 5.64. The number of hydrogen-bond acceptors (Lipinski definition) is 4. The van der Waals surface area contributed by atoms with Gasteiger partial charge in [-0.1, -0.05) is 6.42 Å². The molecule has 1 aromatic carbocycles. The van der Waals surface area contributed by atoms with Crippen molar-refractivity contribution < 1.29 is 18.3 Å². The van der Waals surface area contributed by atoms with Gasteiger partial charge in [-0.15, -0.1) is 0 Å². The number of pyridine rings is 2. The Labute approximate surface area is 155 Å². The molecule has 0 bridgehead atoms. The van der Waals surface area contributed by atoms with Crippen molar-refractivity contribution in [2.45, 2.75) is 38.3 Å². The molecule has 0 aliphatic heterocycles. The molecule has 3 aromatic rings. The average molecular weight is 375 g/mol. The van der Waals surface area contributed by atoms with Crippen molar-refractivity contribution in [1.29, 1.82) is 0 Å². The molecule has 1 fully saturated rings. The van der Waals surface area contributed by atoms with Gasteiger partial charge >= 0.3 is 0 Å². The Morgan fingerprint density at radius 2 is 1.93 bits per heavy atom. The second kappa shape index (κ2) is 8.81. The molecule has 2 heterocycles. The van der Waals surface area contributed by atoms with Crippen LogP contribution in [0.2, 0.25) is 0 Å². The first kappa shape index (κ1) is 19.1. The highest BCUT2D eigenvalue weighted by molar-refractivity contribution is 5.84. The molecular weight excluding hydrogens is 355 g/mol. The molecule has 27 heavy (non-hydrogen) atoms. The molecule has 2 aromatic heterocycles. The van der Waals surface area contributed by atoms with E-state index in [-0.39, 0.29) is 17.3 Å². The number of nitrogens with zero attached hydrogens (tertiary/aromatic N) is 2. The third-order valence-corrected chi connectivity index (χ3v) is 4.54. The first-order valence-corrected chi connectivity index (χ1v) is 8.72. The van der Waals surface area contributed by atoms with Crippen molar-refractivity contribution in [3.8, 4) is 5.75 Å². The largest absolute Gasteiger partial charge is 0.506 e. The molecule has 4 nitrogen and oxygen atoms in total. The summed E-state index contributed by atoms with van der Waals surface area (Å²) >= 11 is 0. The van der Waals surface area contributed by atoms with Gasteiger partial charge in [-0.3, -0.25) is 9.97 Å². The quantitative estimate of drug-likeness (QED) is 0.692.